The van der Waals surface area contributed by atoms with Crippen LogP contribution in [0.2, 0.25) is 5.02 Å². The van der Waals surface area contributed by atoms with E-state index in [0.29, 0.717) is 18.1 Å². The lowest BCUT2D eigenvalue weighted by atomic mass is 9.97. The summed E-state index contributed by atoms with van der Waals surface area (Å²) in [5.74, 6) is 0.466. The fourth-order valence-electron chi connectivity index (χ4n) is 3.18. The fourth-order valence-corrected chi connectivity index (χ4v) is 3.36. The number of rotatable bonds is 4. The molecule has 144 valence electrons. The number of hydrogen-bond donors (Lipinski definition) is 1. The summed E-state index contributed by atoms with van der Waals surface area (Å²) < 4.78 is 14.8. The number of nitrogens with one attached hydrogen (secondary N) is 1. The first-order valence-electron chi connectivity index (χ1n) is 8.78. The molecule has 1 amide bonds. The molecule has 8 nitrogen and oxygen atoms in total. The standard InChI is InChI=1S/C18H17ClFN7O/c19-14-6-13(3-4-15(14)20)25-18(28)12-2-1-5-26(8-12)16-7-17(23-10-22-16)27-11-21-9-24-27/h3-4,6-7,9-12H,1-2,5,8H2,(H,25,28)/t12-/m1/s1. The summed E-state index contributed by atoms with van der Waals surface area (Å²) in [5, 5.41) is 6.86. The van der Waals surface area contributed by atoms with Gasteiger partial charge in [0.1, 0.15) is 30.6 Å². The van der Waals surface area contributed by atoms with Crippen molar-refractivity contribution in [3.63, 3.8) is 0 Å². The molecule has 4 rings (SSSR count). The first-order chi connectivity index (χ1) is 13.6. The summed E-state index contributed by atoms with van der Waals surface area (Å²) >= 11 is 5.78. The van der Waals surface area contributed by atoms with Crippen LogP contribution in [0, 0.1) is 11.7 Å². The first kappa shape index (κ1) is 18.3. The van der Waals surface area contributed by atoms with Gasteiger partial charge in [0.2, 0.25) is 5.91 Å². The van der Waals surface area contributed by atoms with Gasteiger partial charge in [-0.25, -0.2) is 24.0 Å². The van der Waals surface area contributed by atoms with Crippen molar-refractivity contribution in [2.75, 3.05) is 23.3 Å². The number of halogens is 2. The van der Waals surface area contributed by atoms with E-state index in [1.807, 2.05) is 11.0 Å². The highest BCUT2D eigenvalue weighted by Gasteiger charge is 2.27. The molecule has 1 atom stereocenters. The van der Waals surface area contributed by atoms with Gasteiger partial charge in [0.05, 0.1) is 10.9 Å². The lowest BCUT2D eigenvalue weighted by molar-refractivity contribution is -0.120. The van der Waals surface area contributed by atoms with E-state index in [9.17, 15) is 9.18 Å². The number of anilines is 2. The summed E-state index contributed by atoms with van der Waals surface area (Å²) in [6.07, 6.45) is 6.08. The zero-order valence-corrected chi connectivity index (χ0v) is 15.6. The summed E-state index contributed by atoms with van der Waals surface area (Å²) in [6, 6.07) is 5.95. The van der Waals surface area contributed by atoms with E-state index < -0.39 is 5.82 Å². The molecule has 2 aromatic heterocycles. The van der Waals surface area contributed by atoms with Crippen molar-refractivity contribution < 1.29 is 9.18 Å². The Hall–Kier alpha value is -3.07. The second-order valence-electron chi connectivity index (χ2n) is 6.48. The smallest absolute Gasteiger partial charge is 0.229 e. The predicted octanol–water partition coefficient (Wildman–Crippen LogP) is 2.70. The first-order valence-corrected chi connectivity index (χ1v) is 9.16. The molecule has 28 heavy (non-hydrogen) atoms. The Bertz CT molecular complexity index is 982. The zero-order chi connectivity index (χ0) is 19.5. The van der Waals surface area contributed by atoms with Gasteiger partial charge in [0.25, 0.3) is 0 Å². The van der Waals surface area contributed by atoms with Gasteiger partial charge < -0.3 is 10.2 Å². The molecule has 0 radical (unpaired) electrons. The second-order valence-corrected chi connectivity index (χ2v) is 6.88. The average Bonchev–Trinajstić information content (AvgIpc) is 3.26. The largest absolute Gasteiger partial charge is 0.356 e. The normalized spacial score (nSPS) is 16.8. The molecule has 0 saturated carbocycles. The number of piperidine rings is 1. The Morgan fingerprint density at radius 2 is 2.07 bits per heavy atom. The molecule has 3 aromatic rings. The second kappa shape index (κ2) is 7.89. The van der Waals surface area contributed by atoms with Gasteiger partial charge in [-0.1, -0.05) is 11.6 Å². The van der Waals surface area contributed by atoms with Crippen LogP contribution in [-0.4, -0.2) is 43.7 Å². The number of amides is 1. The van der Waals surface area contributed by atoms with E-state index >= 15 is 0 Å². The molecule has 3 heterocycles. The minimum absolute atomic E-state index is 0.0234. The number of nitrogens with zero attached hydrogens (tertiary/aromatic N) is 6. The Kier molecular flexibility index (Phi) is 5.16. The summed E-state index contributed by atoms with van der Waals surface area (Å²) in [6.45, 7) is 1.31. The monoisotopic (exact) mass is 401 g/mol. The average molecular weight is 402 g/mol. The predicted molar refractivity (Wildman–Crippen MR) is 102 cm³/mol. The molecule has 1 aliphatic rings. The molecule has 1 N–H and O–H groups in total. The molecule has 1 aromatic carbocycles. The molecule has 10 heteroatoms. The molecule has 0 spiro atoms. The number of hydrogen-bond acceptors (Lipinski definition) is 6. The third kappa shape index (κ3) is 3.94. The van der Waals surface area contributed by atoms with Crippen LogP contribution in [0.25, 0.3) is 5.82 Å². The zero-order valence-electron chi connectivity index (χ0n) is 14.8. The van der Waals surface area contributed by atoms with Gasteiger partial charge in [-0.2, -0.15) is 5.10 Å². The van der Waals surface area contributed by atoms with Crippen LogP contribution >= 0.6 is 11.6 Å². The van der Waals surface area contributed by atoms with Crippen LogP contribution in [0.3, 0.4) is 0 Å². The van der Waals surface area contributed by atoms with Crippen LogP contribution in [-0.2, 0) is 4.79 Å². The summed E-state index contributed by atoms with van der Waals surface area (Å²) in [4.78, 5) is 27.2. The minimum atomic E-state index is -0.518. The topological polar surface area (TPSA) is 88.8 Å². The van der Waals surface area contributed by atoms with E-state index in [2.05, 4.69) is 25.4 Å². The highest BCUT2D eigenvalue weighted by molar-refractivity contribution is 6.31. The Balaban J connectivity index is 1.46. The maximum Gasteiger partial charge on any atom is 0.229 e. The highest BCUT2D eigenvalue weighted by atomic mass is 35.5. The number of aromatic nitrogens is 5. The maximum absolute atomic E-state index is 13.3. The Morgan fingerprint density at radius 3 is 2.86 bits per heavy atom. The van der Waals surface area contributed by atoms with Gasteiger partial charge in [-0.3, -0.25) is 4.79 Å². The quantitative estimate of drug-likeness (QED) is 0.723. The number of benzene rings is 1. The van der Waals surface area contributed by atoms with Crippen LogP contribution < -0.4 is 10.2 Å². The van der Waals surface area contributed by atoms with Crippen molar-refractivity contribution in [2.24, 2.45) is 5.92 Å². The van der Waals surface area contributed by atoms with E-state index in [1.54, 1.807) is 11.0 Å². The van der Waals surface area contributed by atoms with Gasteiger partial charge >= 0.3 is 0 Å². The van der Waals surface area contributed by atoms with Gasteiger partial charge in [-0.15, -0.1) is 0 Å². The van der Waals surface area contributed by atoms with Crippen LogP contribution in [0.15, 0.2) is 43.2 Å². The molecular formula is C18H17ClFN7O. The van der Waals surface area contributed by atoms with Crippen LogP contribution in [0.1, 0.15) is 12.8 Å². The van der Waals surface area contributed by atoms with Gasteiger partial charge in [0.15, 0.2) is 5.82 Å². The van der Waals surface area contributed by atoms with Gasteiger partial charge in [-0.05, 0) is 31.0 Å². The van der Waals surface area contributed by atoms with Crippen molar-refractivity contribution >= 4 is 29.0 Å². The van der Waals surface area contributed by atoms with E-state index in [1.165, 1.54) is 30.9 Å². The van der Waals surface area contributed by atoms with Crippen LogP contribution in [0.4, 0.5) is 15.9 Å². The summed E-state index contributed by atoms with van der Waals surface area (Å²) in [7, 11) is 0. The van der Waals surface area contributed by atoms with Crippen molar-refractivity contribution in [1.29, 1.82) is 0 Å². The molecule has 0 aliphatic carbocycles. The summed E-state index contributed by atoms with van der Waals surface area (Å²) in [5.41, 5.74) is 0.476. The van der Waals surface area contributed by atoms with Crippen molar-refractivity contribution in [2.45, 2.75) is 12.8 Å². The molecule has 0 bridgehead atoms. The molecular weight excluding hydrogens is 385 g/mol. The van der Waals surface area contributed by atoms with Crippen molar-refractivity contribution in [1.82, 2.24) is 24.7 Å². The highest BCUT2D eigenvalue weighted by Crippen LogP contribution is 2.25. The fraction of sp³-hybridized carbons (Fsp3) is 0.278. The van der Waals surface area contributed by atoms with Crippen molar-refractivity contribution in [3.05, 3.63) is 54.1 Å². The number of carbonyl (C=O) groups excluding carboxylic acids is 1. The minimum Gasteiger partial charge on any atom is -0.356 e. The Morgan fingerprint density at radius 1 is 1.21 bits per heavy atom. The number of carbonyl (C=O) groups is 1. The molecule has 1 saturated heterocycles. The Labute approximate surface area is 165 Å². The van der Waals surface area contributed by atoms with Crippen LogP contribution in [0.5, 0.6) is 0 Å². The third-order valence-electron chi connectivity index (χ3n) is 4.60. The third-order valence-corrected chi connectivity index (χ3v) is 4.88. The van der Waals surface area contributed by atoms with E-state index in [0.717, 1.165) is 25.2 Å². The van der Waals surface area contributed by atoms with E-state index in [4.69, 9.17) is 11.6 Å². The maximum atomic E-state index is 13.3. The van der Waals surface area contributed by atoms with Crippen molar-refractivity contribution in [3.8, 4) is 5.82 Å². The lowest BCUT2D eigenvalue weighted by Crippen LogP contribution is -2.41. The molecule has 1 fully saturated rings. The van der Waals surface area contributed by atoms with E-state index in [-0.39, 0.29) is 16.8 Å². The van der Waals surface area contributed by atoms with Gasteiger partial charge in [0, 0.05) is 24.8 Å². The lowest BCUT2D eigenvalue weighted by Gasteiger charge is -2.32. The SMILES string of the molecule is O=C(Nc1ccc(F)c(Cl)c1)[C@@H]1CCCN(c2cc(-n3cncn3)ncn2)C1. The molecule has 1 aliphatic heterocycles. The molecule has 0 unspecified atom stereocenters.